The summed E-state index contributed by atoms with van der Waals surface area (Å²) in [6.45, 7) is 0.365. The summed E-state index contributed by atoms with van der Waals surface area (Å²) in [6.07, 6.45) is 4.90. The third kappa shape index (κ3) is 5.02. The Morgan fingerprint density at radius 3 is 2.47 bits per heavy atom. The molecule has 4 nitrogen and oxygen atoms in total. The predicted octanol–water partition coefficient (Wildman–Crippen LogP) is 0.790. The molecule has 15 heavy (non-hydrogen) atoms. The summed E-state index contributed by atoms with van der Waals surface area (Å²) < 4.78 is 0. The third-order valence-corrected chi connectivity index (χ3v) is 2.76. The van der Waals surface area contributed by atoms with E-state index in [4.69, 9.17) is 11.6 Å². The van der Waals surface area contributed by atoms with Gasteiger partial charge in [0.25, 0.3) is 0 Å². The number of hydrogen-bond acceptors (Lipinski definition) is 2. The van der Waals surface area contributed by atoms with Gasteiger partial charge in [0.2, 0.25) is 11.8 Å². The molecule has 1 aliphatic rings. The lowest BCUT2D eigenvalue weighted by Gasteiger charge is -2.11. The lowest BCUT2D eigenvalue weighted by Crippen LogP contribution is -2.35. The van der Waals surface area contributed by atoms with Crippen LogP contribution in [0.4, 0.5) is 0 Å². The zero-order valence-corrected chi connectivity index (χ0v) is 9.48. The Balaban J connectivity index is 2.05. The van der Waals surface area contributed by atoms with Crippen molar-refractivity contribution in [2.24, 2.45) is 0 Å². The van der Waals surface area contributed by atoms with Crippen LogP contribution in [0.5, 0.6) is 0 Å². The second kappa shape index (κ2) is 6.67. The van der Waals surface area contributed by atoms with Crippen molar-refractivity contribution in [3.05, 3.63) is 0 Å². The van der Waals surface area contributed by atoms with Gasteiger partial charge in [0.1, 0.15) is 5.88 Å². The fourth-order valence-electron chi connectivity index (χ4n) is 1.73. The molecule has 1 fully saturated rings. The first-order valence-electron chi connectivity index (χ1n) is 5.34. The largest absolute Gasteiger partial charge is 0.355 e. The van der Waals surface area contributed by atoms with Crippen LogP contribution >= 0.6 is 11.6 Å². The lowest BCUT2D eigenvalue weighted by atomic mass is 10.2. The van der Waals surface area contributed by atoms with Gasteiger partial charge in [-0.2, -0.15) is 0 Å². The molecule has 2 amide bonds. The summed E-state index contributed by atoms with van der Waals surface area (Å²) in [5.74, 6) is -0.272. The zero-order chi connectivity index (χ0) is 11.1. The molecule has 0 radical (unpaired) electrons. The maximum Gasteiger partial charge on any atom is 0.234 e. The SMILES string of the molecule is O=C(CCl)NCCC(=O)NC1CCCC1. The van der Waals surface area contributed by atoms with Gasteiger partial charge in [-0.05, 0) is 12.8 Å². The van der Waals surface area contributed by atoms with Gasteiger partial charge in [-0.25, -0.2) is 0 Å². The molecule has 0 atom stereocenters. The van der Waals surface area contributed by atoms with Gasteiger partial charge in [-0.15, -0.1) is 11.6 Å². The fourth-order valence-corrected chi connectivity index (χ4v) is 1.83. The Morgan fingerprint density at radius 1 is 1.20 bits per heavy atom. The van der Waals surface area contributed by atoms with Crippen molar-refractivity contribution in [2.75, 3.05) is 12.4 Å². The van der Waals surface area contributed by atoms with Crippen molar-refractivity contribution < 1.29 is 9.59 Å². The summed E-state index contributed by atoms with van der Waals surface area (Å²) in [7, 11) is 0. The van der Waals surface area contributed by atoms with Crippen LogP contribution in [0.1, 0.15) is 32.1 Å². The third-order valence-electron chi connectivity index (χ3n) is 2.52. The number of rotatable bonds is 5. The summed E-state index contributed by atoms with van der Waals surface area (Å²) in [5, 5.41) is 5.50. The van der Waals surface area contributed by atoms with Crippen LogP contribution < -0.4 is 10.6 Å². The molecule has 0 aromatic heterocycles. The molecule has 5 heteroatoms. The van der Waals surface area contributed by atoms with Crippen molar-refractivity contribution in [2.45, 2.75) is 38.1 Å². The van der Waals surface area contributed by atoms with Gasteiger partial charge in [-0.1, -0.05) is 12.8 Å². The first-order chi connectivity index (χ1) is 7.22. The number of carbonyl (C=O) groups is 2. The first-order valence-corrected chi connectivity index (χ1v) is 5.88. The molecule has 0 bridgehead atoms. The van der Waals surface area contributed by atoms with Gasteiger partial charge in [0, 0.05) is 19.0 Å². The normalized spacial score (nSPS) is 16.3. The molecule has 0 aliphatic heterocycles. The Kier molecular flexibility index (Phi) is 5.47. The van der Waals surface area contributed by atoms with Crippen LogP contribution in [0, 0.1) is 0 Å². The molecule has 0 aromatic rings. The molecule has 0 heterocycles. The quantitative estimate of drug-likeness (QED) is 0.689. The molecule has 1 rings (SSSR count). The van der Waals surface area contributed by atoms with Crippen molar-refractivity contribution in [3.8, 4) is 0 Å². The molecule has 1 saturated carbocycles. The number of alkyl halides is 1. The highest BCUT2D eigenvalue weighted by molar-refractivity contribution is 6.27. The van der Waals surface area contributed by atoms with Crippen molar-refractivity contribution in [1.29, 1.82) is 0 Å². The van der Waals surface area contributed by atoms with E-state index in [-0.39, 0.29) is 17.7 Å². The van der Waals surface area contributed by atoms with Crippen LogP contribution in [0.25, 0.3) is 0 Å². The smallest absolute Gasteiger partial charge is 0.234 e. The maximum atomic E-state index is 11.4. The highest BCUT2D eigenvalue weighted by Crippen LogP contribution is 2.17. The van der Waals surface area contributed by atoms with E-state index in [1.807, 2.05) is 0 Å². The van der Waals surface area contributed by atoms with Crippen molar-refractivity contribution in [3.63, 3.8) is 0 Å². The molecule has 0 unspecified atom stereocenters. The van der Waals surface area contributed by atoms with Gasteiger partial charge in [-0.3, -0.25) is 9.59 Å². The first kappa shape index (κ1) is 12.3. The molecule has 0 saturated heterocycles. The van der Waals surface area contributed by atoms with Crippen LogP contribution in [0.15, 0.2) is 0 Å². The van der Waals surface area contributed by atoms with Gasteiger partial charge >= 0.3 is 0 Å². The van der Waals surface area contributed by atoms with Crippen LogP contribution in [-0.4, -0.2) is 30.3 Å². The summed E-state index contributed by atoms with van der Waals surface area (Å²) >= 11 is 5.29. The van der Waals surface area contributed by atoms with E-state index < -0.39 is 0 Å². The molecular weight excluding hydrogens is 216 g/mol. The second-order valence-corrected chi connectivity index (χ2v) is 4.05. The van der Waals surface area contributed by atoms with Crippen LogP contribution in [0.3, 0.4) is 0 Å². The Hall–Kier alpha value is -0.770. The van der Waals surface area contributed by atoms with E-state index in [0.717, 1.165) is 12.8 Å². The topological polar surface area (TPSA) is 58.2 Å². The van der Waals surface area contributed by atoms with E-state index in [0.29, 0.717) is 19.0 Å². The summed E-state index contributed by atoms with van der Waals surface area (Å²) in [4.78, 5) is 22.1. The Morgan fingerprint density at radius 2 is 1.87 bits per heavy atom. The highest BCUT2D eigenvalue weighted by Gasteiger charge is 2.16. The molecule has 0 spiro atoms. The minimum Gasteiger partial charge on any atom is -0.355 e. The zero-order valence-electron chi connectivity index (χ0n) is 8.72. The van der Waals surface area contributed by atoms with E-state index in [1.54, 1.807) is 0 Å². The Labute approximate surface area is 94.7 Å². The average molecular weight is 233 g/mol. The molecule has 2 N–H and O–H groups in total. The van der Waals surface area contributed by atoms with Crippen LogP contribution in [0.2, 0.25) is 0 Å². The Bertz CT molecular complexity index is 227. The van der Waals surface area contributed by atoms with E-state index in [1.165, 1.54) is 12.8 Å². The number of amides is 2. The summed E-state index contributed by atoms with van der Waals surface area (Å²) in [6, 6.07) is 0.348. The lowest BCUT2D eigenvalue weighted by molar-refractivity contribution is -0.122. The van der Waals surface area contributed by atoms with E-state index in [9.17, 15) is 9.59 Å². The van der Waals surface area contributed by atoms with Gasteiger partial charge < -0.3 is 10.6 Å². The molecule has 1 aliphatic carbocycles. The van der Waals surface area contributed by atoms with E-state index in [2.05, 4.69) is 10.6 Å². The predicted molar refractivity (Wildman–Crippen MR) is 58.7 cm³/mol. The average Bonchev–Trinajstić information content (AvgIpc) is 2.70. The number of nitrogens with one attached hydrogen (secondary N) is 2. The second-order valence-electron chi connectivity index (χ2n) is 3.78. The highest BCUT2D eigenvalue weighted by atomic mass is 35.5. The van der Waals surface area contributed by atoms with E-state index >= 15 is 0 Å². The molecule has 86 valence electrons. The van der Waals surface area contributed by atoms with Crippen LogP contribution in [-0.2, 0) is 9.59 Å². The number of halogens is 1. The minimum atomic E-state index is -0.231. The molecule has 0 aromatic carbocycles. The monoisotopic (exact) mass is 232 g/mol. The fraction of sp³-hybridized carbons (Fsp3) is 0.800. The molecular formula is C10H17ClN2O2. The minimum absolute atomic E-state index is 0.0109. The van der Waals surface area contributed by atoms with Crippen molar-refractivity contribution >= 4 is 23.4 Å². The van der Waals surface area contributed by atoms with Crippen molar-refractivity contribution in [1.82, 2.24) is 10.6 Å². The maximum absolute atomic E-state index is 11.4. The number of hydrogen-bond donors (Lipinski definition) is 2. The number of carbonyl (C=O) groups excluding carboxylic acids is 2. The van der Waals surface area contributed by atoms with Gasteiger partial charge in [0.05, 0.1) is 0 Å². The summed E-state index contributed by atoms with van der Waals surface area (Å²) in [5.41, 5.74) is 0. The van der Waals surface area contributed by atoms with Gasteiger partial charge in [0.15, 0.2) is 0 Å². The standard InChI is InChI=1S/C10H17ClN2O2/c11-7-10(15)12-6-5-9(14)13-8-3-1-2-4-8/h8H,1-7H2,(H,12,15)(H,13,14).